The van der Waals surface area contributed by atoms with Gasteiger partial charge in [-0.2, -0.15) is 0 Å². The van der Waals surface area contributed by atoms with Crippen LogP contribution in [0.3, 0.4) is 0 Å². The monoisotopic (exact) mass is 277 g/mol. The molecule has 1 aromatic rings. The lowest BCUT2D eigenvalue weighted by molar-refractivity contribution is -0.144. The average Bonchev–Trinajstić information content (AvgIpc) is 2.88. The van der Waals surface area contributed by atoms with Crippen molar-refractivity contribution in [2.45, 2.75) is 25.0 Å². The molecule has 5 heteroatoms. The number of fused-ring (bicyclic) bond motifs is 1. The van der Waals surface area contributed by atoms with Gasteiger partial charge in [0.2, 0.25) is 0 Å². The molecular formula is C15H19NO4. The lowest BCUT2D eigenvalue weighted by Gasteiger charge is -2.28. The first-order valence-corrected chi connectivity index (χ1v) is 7.02. The third-order valence-electron chi connectivity index (χ3n) is 3.89. The van der Waals surface area contributed by atoms with Gasteiger partial charge in [0.15, 0.2) is 0 Å². The fraction of sp³-hybridized carbons (Fsp3) is 0.533. The third kappa shape index (κ3) is 2.94. The first-order valence-electron chi connectivity index (χ1n) is 7.02. The van der Waals surface area contributed by atoms with E-state index in [1.54, 1.807) is 0 Å². The predicted molar refractivity (Wildman–Crippen MR) is 72.9 cm³/mol. The molecule has 2 N–H and O–H groups in total. The first-order chi connectivity index (χ1) is 9.72. The summed E-state index contributed by atoms with van der Waals surface area (Å²) in [5.41, 5.74) is 1.21. The second-order valence-corrected chi connectivity index (χ2v) is 5.44. The van der Waals surface area contributed by atoms with Crippen molar-refractivity contribution in [3.63, 3.8) is 0 Å². The Hall–Kier alpha value is -1.59. The molecule has 3 unspecified atom stereocenters. The maximum atomic E-state index is 11.0. The van der Waals surface area contributed by atoms with Crippen LogP contribution >= 0.6 is 0 Å². The van der Waals surface area contributed by atoms with Crippen LogP contribution in [0.1, 0.15) is 12.0 Å². The van der Waals surface area contributed by atoms with Gasteiger partial charge in [-0.1, -0.05) is 18.2 Å². The van der Waals surface area contributed by atoms with Gasteiger partial charge in [0, 0.05) is 19.5 Å². The van der Waals surface area contributed by atoms with E-state index in [1.807, 2.05) is 18.2 Å². The molecule has 108 valence electrons. The summed E-state index contributed by atoms with van der Waals surface area (Å²) in [7, 11) is 0. The highest BCUT2D eigenvalue weighted by molar-refractivity contribution is 5.70. The topological polar surface area (TPSA) is 67.8 Å². The summed E-state index contributed by atoms with van der Waals surface area (Å²) in [5.74, 6) is -0.169. The van der Waals surface area contributed by atoms with Crippen molar-refractivity contribution in [3.8, 4) is 5.75 Å². The van der Waals surface area contributed by atoms with Crippen molar-refractivity contribution in [1.29, 1.82) is 0 Å². The van der Waals surface area contributed by atoms with E-state index in [-0.39, 0.29) is 18.1 Å². The molecule has 3 rings (SSSR count). The van der Waals surface area contributed by atoms with Crippen LogP contribution in [-0.2, 0) is 16.0 Å². The molecule has 0 aromatic heterocycles. The number of benzene rings is 1. The molecular weight excluding hydrogens is 258 g/mol. The summed E-state index contributed by atoms with van der Waals surface area (Å²) in [5, 5.41) is 12.1. The largest absolute Gasteiger partial charge is 0.487 e. The van der Waals surface area contributed by atoms with Crippen LogP contribution in [0.4, 0.5) is 0 Å². The van der Waals surface area contributed by atoms with E-state index in [1.165, 1.54) is 5.56 Å². The number of rotatable bonds is 4. The normalized spacial score (nSPS) is 28.7. The van der Waals surface area contributed by atoms with Crippen LogP contribution in [0.25, 0.3) is 0 Å². The number of nitrogens with one attached hydrogen (secondary N) is 1. The Morgan fingerprint density at radius 3 is 3.05 bits per heavy atom. The molecule has 2 heterocycles. The molecule has 0 aliphatic carbocycles. The van der Waals surface area contributed by atoms with Crippen molar-refractivity contribution in [1.82, 2.24) is 5.32 Å². The van der Waals surface area contributed by atoms with E-state index < -0.39 is 5.97 Å². The SMILES string of the molecule is O=C(O)C1CNCC(OCC2Cc3ccccc3O2)C1. The lowest BCUT2D eigenvalue weighted by atomic mass is 9.98. The van der Waals surface area contributed by atoms with Crippen LogP contribution in [0, 0.1) is 5.92 Å². The number of carbonyl (C=O) groups is 1. The van der Waals surface area contributed by atoms with Gasteiger partial charge in [-0.3, -0.25) is 4.79 Å². The summed E-state index contributed by atoms with van der Waals surface area (Å²) < 4.78 is 11.6. The zero-order valence-electron chi connectivity index (χ0n) is 11.2. The van der Waals surface area contributed by atoms with Gasteiger partial charge < -0.3 is 19.9 Å². The molecule has 0 saturated carbocycles. The summed E-state index contributed by atoms with van der Waals surface area (Å²) in [6, 6.07) is 8.01. The van der Waals surface area contributed by atoms with E-state index in [0.717, 1.165) is 12.2 Å². The lowest BCUT2D eigenvalue weighted by Crippen LogP contribution is -2.44. The van der Waals surface area contributed by atoms with Crippen molar-refractivity contribution in [3.05, 3.63) is 29.8 Å². The molecule has 1 saturated heterocycles. The minimum atomic E-state index is -0.754. The molecule has 0 amide bonds. The number of piperidine rings is 1. The zero-order chi connectivity index (χ0) is 13.9. The Morgan fingerprint density at radius 1 is 1.40 bits per heavy atom. The molecule has 1 fully saturated rings. The maximum absolute atomic E-state index is 11.0. The van der Waals surface area contributed by atoms with Crippen LogP contribution in [0.2, 0.25) is 0 Å². The van der Waals surface area contributed by atoms with Crippen molar-refractivity contribution in [2.24, 2.45) is 5.92 Å². The number of hydrogen-bond acceptors (Lipinski definition) is 4. The fourth-order valence-electron chi connectivity index (χ4n) is 2.81. The Kier molecular flexibility index (Phi) is 3.89. The number of carboxylic acid groups (broad SMARTS) is 1. The molecule has 1 aromatic carbocycles. The molecule has 20 heavy (non-hydrogen) atoms. The molecule has 0 bridgehead atoms. The smallest absolute Gasteiger partial charge is 0.307 e. The van der Waals surface area contributed by atoms with Gasteiger partial charge in [0.25, 0.3) is 0 Å². The second-order valence-electron chi connectivity index (χ2n) is 5.44. The minimum Gasteiger partial charge on any atom is -0.487 e. The van der Waals surface area contributed by atoms with E-state index in [2.05, 4.69) is 11.4 Å². The number of ether oxygens (including phenoxy) is 2. The van der Waals surface area contributed by atoms with Crippen molar-refractivity contribution < 1.29 is 19.4 Å². The summed E-state index contributed by atoms with van der Waals surface area (Å²) in [6.45, 7) is 1.75. The Bertz CT molecular complexity index is 466. The van der Waals surface area contributed by atoms with Gasteiger partial charge in [-0.05, 0) is 18.1 Å². The van der Waals surface area contributed by atoms with Gasteiger partial charge >= 0.3 is 5.97 Å². The zero-order valence-corrected chi connectivity index (χ0v) is 11.2. The van der Waals surface area contributed by atoms with Crippen molar-refractivity contribution in [2.75, 3.05) is 19.7 Å². The van der Waals surface area contributed by atoms with E-state index in [9.17, 15) is 4.79 Å². The molecule has 0 spiro atoms. The predicted octanol–water partition coefficient (Wildman–Crippen LogP) is 1.07. The quantitative estimate of drug-likeness (QED) is 0.861. The Balaban J connectivity index is 1.48. The fourth-order valence-corrected chi connectivity index (χ4v) is 2.81. The highest BCUT2D eigenvalue weighted by atomic mass is 16.5. The highest BCUT2D eigenvalue weighted by Crippen LogP contribution is 2.28. The van der Waals surface area contributed by atoms with Gasteiger partial charge in [-0.25, -0.2) is 0 Å². The first kappa shape index (κ1) is 13.4. The number of carboxylic acids is 1. The van der Waals surface area contributed by atoms with Crippen LogP contribution < -0.4 is 10.1 Å². The van der Waals surface area contributed by atoms with Crippen LogP contribution in [0.15, 0.2) is 24.3 Å². The summed E-state index contributed by atoms with van der Waals surface area (Å²) in [6.07, 6.45) is 1.43. The Morgan fingerprint density at radius 2 is 2.25 bits per heavy atom. The molecule has 2 aliphatic rings. The molecule has 0 radical (unpaired) electrons. The van der Waals surface area contributed by atoms with Crippen molar-refractivity contribution >= 4 is 5.97 Å². The number of aliphatic carboxylic acids is 1. The number of para-hydroxylation sites is 1. The Labute approximate surface area is 117 Å². The summed E-state index contributed by atoms with van der Waals surface area (Å²) >= 11 is 0. The highest BCUT2D eigenvalue weighted by Gasteiger charge is 2.29. The second kappa shape index (κ2) is 5.81. The van der Waals surface area contributed by atoms with Gasteiger partial charge in [-0.15, -0.1) is 0 Å². The molecule has 5 nitrogen and oxygen atoms in total. The molecule has 2 aliphatic heterocycles. The minimum absolute atomic E-state index is 0.0394. The van der Waals surface area contributed by atoms with Crippen LogP contribution in [0.5, 0.6) is 5.75 Å². The standard InChI is InChI=1S/C15H19NO4/c17-15(18)11-6-12(8-16-7-11)19-9-13-5-10-3-1-2-4-14(10)20-13/h1-4,11-13,16H,5-9H2,(H,17,18). The summed E-state index contributed by atoms with van der Waals surface area (Å²) in [4.78, 5) is 11.0. The van der Waals surface area contributed by atoms with E-state index in [0.29, 0.717) is 26.1 Å². The average molecular weight is 277 g/mol. The van der Waals surface area contributed by atoms with E-state index >= 15 is 0 Å². The van der Waals surface area contributed by atoms with Gasteiger partial charge in [0.1, 0.15) is 11.9 Å². The van der Waals surface area contributed by atoms with Crippen LogP contribution in [-0.4, -0.2) is 43.0 Å². The number of hydrogen-bond donors (Lipinski definition) is 2. The van der Waals surface area contributed by atoms with Gasteiger partial charge in [0.05, 0.1) is 18.6 Å². The molecule has 3 atom stereocenters. The maximum Gasteiger partial charge on any atom is 0.307 e. The van der Waals surface area contributed by atoms with E-state index in [4.69, 9.17) is 14.6 Å². The third-order valence-corrected chi connectivity index (χ3v) is 3.89.